The third kappa shape index (κ3) is 3.96. The standard InChI is InChI=1S/C13H13ClFN3O2/c1-18-8-10(7-16-18)17-13(19)4-5-20-12-3-2-9(15)6-11(12)14/h2-3,6-8H,4-5H2,1H3,(H,17,19). The first kappa shape index (κ1) is 14.3. The fourth-order valence-corrected chi connectivity index (χ4v) is 1.78. The smallest absolute Gasteiger partial charge is 0.227 e. The first-order valence-electron chi connectivity index (χ1n) is 5.91. The van der Waals surface area contributed by atoms with E-state index in [2.05, 4.69) is 10.4 Å². The molecule has 0 aliphatic carbocycles. The molecule has 20 heavy (non-hydrogen) atoms. The second-order valence-electron chi connectivity index (χ2n) is 4.12. The van der Waals surface area contributed by atoms with Crippen molar-refractivity contribution in [3.8, 4) is 5.75 Å². The fraction of sp³-hybridized carbons (Fsp3) is 0.231. The molecular weight excluding hydrogens is 285 g/mol. The van der Waals surface area contributed by atoms with Gasteiger partial charge in [0.15, 0.2) is 0 Å². The summed E-state index contributed by atoms with van der Waals surface area (Å²) in [5, 5.41) is 6.79. The first-order valence-corrected chi connectivity index (χ1v) is 6.29. The lowest BCUT2D eigenvalue weighted by Gasteiger charge is -2.07. The minimum absolute atomic E-state index is 0.150. The number of aryl methyl sites for hydroxylation is 1. The van der Waals surface area contributed by atoms with Gasteiger partial charge in [-0.3, -0.25) is 9.48 Å². The van der Waals surface area contributed by atoms with Gasteiger partial charge >= 0.3 is 0 Å². The Morgan fingerprint density at radius 1 is 1.55 bits per heavy atom. The molecule has 0 saturated carbocycles. The summed E-state index contributed by atoms with van der Waals surface area (Å²) in [4.78, 5) is 11.6. The molecule has 0 unspecified atom stereocenters. The summed E-state index contributed by atoms with van der Waals surface area (Å²) in [5.74, 6) is -0.282. The number of halogens is 2. The van der Waals surface area contributed by atoms with Gasteiger partial charge in [0.05, 0.1) is 29.9 Å². The summed E-state index contributed by atoms with van der Waals surface area (Å²) in [6.45, 7) is 0.150. The molecule has 0 spiro atoms. The second-order valence-corrected chi connectivity index (χ2v) is 4.53. The van der Waals surface area contributed by atoms with Crippen LogP contribution in [-0.2, 0) is 11.8 Å². The van der Waals surface area contributed by atoms with E-state index >= 15 is 0 Å². The lowest BCUT2D eigenvalue weighted by Crippen LogP contribution is -2.14. The van der Waals surface area contributed by atoms with Crippen molar-refractivity contribution < 1.29 is 13.9 Å². The molecule has 0 aliphatic rings. The molecule has 106 valence electrons. The Balaban J connectivity index is 1.79. The fourth-order valence-electron chi connectivity index (χ4n) is 1.56. The minimum atomic E-state index is -0.434. The SMILES string of the molecule is Cn1cc(NC(=O)CCOc2ccc(F)cc2Cl)cn1. The number of nitrogens with one attached hydrogen (secondary N) is 1. The molecule has 0 radical (unpaired) electrons. The van der Waals surface area contributed by atoms with E-state index in [0.29, 0.717) is 11.4 Å². The molecule has 0 atom stereocenters. The molecule has 1 N–H and O–H groups in total. The number of benzene rings is 1. The van der Waals surface area contributed by atoms with Gasteiger partial charge in [-0.2, -0.15) is 5.10 Å². The van der Waals surface area contributed by atoms with Crippen LogP contribution in [0.5, 0.6) is 5.75 Å². The van der Waals surface area contributed by atoms with Crippen LogP contribution in [0.25, 0.3) is 0 Å². The van der Waals surface area contributed by atoms with Crippen LogP contribution < -0.4 is 10.1 Å². The van der Waals surface area contributed by atoms with Gasteiger partial charge in [0, 0.05) is 13.2 Å². The zero-order chi connectivity index (χ0) is 14.5. The van der Waals surface area contributed by atoms with Gasteiger partial charge in [-0.15, -0.1) is 0 Å². The first-order chi connectivity index (χ1) is 9.54. The van der Waals surface area contributed by atoms with Crippen LogP contribution in [-0.4, -0.2) is 22.3 Å². The van der Waals surface area contributed by atoms with Crippen molar-refractivity contribution in [2.24, 2.45) is 7.05 Å². The highest BCUT2D eigenvalue weighted by Crippen LogP contribution is 2.24. The van der Waals surface area contributed by atoms with Crippen LogP contribution >= 0.6 is 11.6 Å². The Bertz CT molecular complexity index is 615. The van der Waals surface area contributed by atoms with Crippen molar-refractivity contribution in [1.82, 2.24) is 9.78 Å². The highest BCUT2D eigenvalue weighted by molar-refractivity contribution is 6.32. The maximum absolute atomic E-state index is 12.8. The van der Waals surface area contributed by atoms with Gasteiger partial charge in [0.2, 0.25) is 5.91 Å². The Hall–Kier alpha value is -2.08. The van der Waals surface area contributed by atoms with Crippen molar-refractivity contribution in [2.75, 3.05) is 11.9 Å². The quantitative estimate of drug-likeness (QED) is 0.923. The van der Waals surface area contributed by atoms with Crippen molar-refractivity contribution in [2.45, 2.75) is 6.42 Å². The molecule has 1 heterocycles. The Labute approximate surface area is 120 Å². The number of anilines is 1. The Morgan fingerprint density at radius 2 is 2.35 bits per heavy atom. The molecule has 0 saturated heterocycles. The van der Waals surface area contributed by atoms with Crippen LogP contribution in [0.2, 0.25) is 5.02 Å². The summed E-state index contributed by atoms with van der Waals surface area (Å²) in [6.07, 6.45) is 3.40. The van der Waals surface area contributed by atoms with Gasteiger partial charge in [-0.05, 0) is 18.2 Å². The third-order valence-electron chi connectivity index (χ3n) is 2.47. The molecule has 1 aromatic carbocycles. The van der Waals surface area contributed by atoms with E-state index in [1.165, 1.54) is 12.1 Å². The molecule has 1 aromatic heterocycles. The van der Waals surface area contributed by atoms with E-state index in [9.17, 15) is 9.18 Å². The summed E-state index contributed by atoms with van der Waals surface area (Å²) in [5.41, 5.74) is 0.623. The molecule has 0 aliphatic heterocycles. The minimum Gasteiger partial charge on any atom is -0.491 e. The molecule has 0 bridgehead atoms. The van der Waals surface area contributed by atoms with Crippen molar-refractivity contribution in [1.29, 1.82) is 0 Å². The monoisotopic (exact) mass is 297 g/mol. The van der Waals surface area contributed by atoms with Crippen LogP contribution in [0.3, 0.4) is 0 Å². The summed E-state index contributed by atoms with van der Waals surface area (Å²) in [7, 11) is 1.76. The van der Waals surface area contributed by atoms with E-state index in [-0.39, 0.29) is 24.0 Å². The maximum Gasteiger partial charge on any atom is 0.227 e. The van der Waals surface area contributed by atoms with Gasteiger partial charge in [-0.1, -0.05) is 11.6 Å². The molecular formula is C13H13ClFN3O2. The zero-order valence-electron chi connectivity index (χ0n) is 10.8. The van der Waals surface area contributed by atoms with E-state index in [1.807, 2.05) is 0 Å². The number of nitrogens with zero attached hydrogens (tertiary/aromatic N) is 2. The molecule has 0 fully saturated rings. The molecule has 1 amide bonds. The van der Waals surface area contributed by atoms with Crippen LogP contribution in [0, 0.1) is 5.82 Å². The Morgan fingerprint density at radius 3 is 3.00 bits per heavy atom. The summed E-state index contributed by atoms with van der Waals surface area (Å²) in [6, 6.07) is 3.83. The summed E-state index contributed by atoms with van der Waals surface area (Å²) < 4.78 is 19.7. The number of hydrogen-bond donors (Lipinski definition) is 1. The molecule has 5 nitrogen and oxygen atoms in total. The highest BCUT2D eigenvalue weighted by Gasteiger charge is 2.06. The number of aromatic nitrogens is 2. The van der Waals surface area contributed by atoms with Crippen LogP contribution in [0.4, 0.5) is 10.1 Å². The van der Waals surface area contributed by atoms with Gasteiger partial charge in [-0.25, -0.2) is 4.39 Å². The van der Waals surface area contributed by atoms with Crippen molar-refractivity contribution in [3.63, 3.8) is 0 Å². The van der Waals surface area contributed by atoms with Crippen LogP contribution in [0.1, 0.15) is 6.42 Å². The van der Waals surface area contributed by atoms with Crippen LogP contribution in [0.15, 0.2) is 30.6 Å². The number of carbonyl (C=O) groups is 1. The van der Waals surface area contributed by atoms with Crippen molar-refractivity contribution in [3.05, 3.63) is 41.4 Å². The van der Waals surface area contributed by atoms with E-state index < -0.39 is 5.82 Å². The van der Waals surface area contributed by atoms with Gasteiger partial charge in [0.1, 0.15) is 11.6 Å². The van der Waals surface area contributed by atoms with E-state index in [1.54, 1.807) is 24.1 Å². The number of ether oxygens (including phenoxy) is 1. The predicted molar refractivity (Wildman–Crippen MR) is 73.4 cm³/mol. The lowest BCUT2D eigenvalue weighted by molar-refractivity contribution is -0.116. The number of amides is 1. The topological polar surface area (TPSA) is 56.2 Å². The average molecular weight is 298 g/mol. The number of rotatable bonds is 5. The molecule has 2 aromatic rings. The lowest BCUT2D eigenvalue weighted by atomic mass is 10.3. The Kier molecular flexibility index (Phi) is 4.57. The van der Waals surface area contributed by atoms with Gasteiger partial charge in [0.25, 0.3) is 0 Å². The average Bonchev–Trinajstić information content (AvgIpc) is 2.77. The predicted octanol–water partition coefficient (Wildman–Crippen LogP) is 2.62. The van der Waals surface area contributed by atoms with Gasteiger partial charge < -0.3 is 10.1 Å². The van der Waals surface area contributed by atoms with E-state index in [0.717, 1.165) is 6.07 Å². The molecule has 7 heteroatoms. The highest BCUT2D eigenvalue weighted by atomic mass is 35.5. The summed E-state index contributed by atoms with van der Waals surface area (Å²) >= 11 is 5.80. The normalized spacial score (nSPS) is 10.3. The second kappa shape index (κ2) is 6.38. The third-order valence-corrected chi connectivity index (χ3v) is 2.76. The maximum atomic E-state index is 12.8. The van der Waals surface area contributed by atoms with E-state index in [4.69, 9.17) is 16.3 Å². The number of hydrogen-bond acceptors (Lipinski definition) is 3. The molecule has 2 rings (SSSR count). The zero-order valence-corrected chi connectivity index (χ0v) is 11.5. The number of carbonyl (C=O) groups excluding carboxylic acids is 1. The van der Waals surface area contributed by atoms with Crippen molar-refractivity contribution >= 4 is 23.2 Å². The largest absolute Gasteiger partial charge is 0.491 e.